The van der Waals surface area contributed by atoms with Crippen LogP contribution >= 0.6 is 0 Å². The summed E-state index contributed by atoms with van der Waals surface area (Å²) >= 11 is 0. The molecular weight excluding hydrogens is 336 g/mol. The summed E-state index contributed by atoms with van der Waals surface area (Å²) in [4.78, 5) is 11.5. The number of pyridine rings is 1. The molecule has 0 radical (unpaired) electrons. The van der Waals surface area contributed by atoms with E-state index in [0.717, 1.165) is 26.1 Å². The molecule has 6 nitrogen and oxygen atoms in total. The van der Waals surface area contributed by atoms with Crippen LogP contribution in [0.3, 0.4) is 0 Å². The van der Waals surface area contributed by atoms with Gasteiger partial charge in [0.15, 0.2) is 0 Å². The third-order valence-electron chi connectivity index (χ3n) is 5.96. The number of nitrogens with one attached hydrogen (secondary N) is 2. The largest absolute Gasteiger partial charge is 0.329 e. The normalized spacial score (nSPS) is 27.1. The number of hydrogen-bond donors (Lipinski definition) is 2. The lowest BCUT2D eigenvalue weighted by Gasteiger charge is -2.34. The SMILES string of the molecule is CC(C)(C)C1CC(c2nccn2C2CCCN(Cc3cccnc3)C2)NN1. The predicted molar refractivity (Wildman–Crippen MR) is 107 cm³/mol. The summed E-state index contributed by atoms with van der Waals surface area (Å²) in [5, 5.41) is 0. The Morgan fingerprint density at radius 3 is 2.85 bits per heavy atom. The molecule has 4 heterocycles. The van der Waals surface area contributed by atoms with Gasteiger partial charge in [-0.15, -0.1) is 0 Å². The zero-order chi connectivity index (χ0) is 18.9. The molecule has 2 saturated heterocycles. The Morgan fingerprint density at radius 1 is 1.22 bits per heavy atom. The standard InChI is InChI=1S/C21H32N6/c1-21(2,3)19-12-18(24-25-19)20-23-9-11-27(20)17-7-5-10-26(15-17)14-16-6-4-8-22-13-16/h4,6,8-9,11,13,17-19,24-25H,5,7,10,12,14-15H2,1-3H3. The molecule has 0 saturated carbocycles. The van der Waals surface area contributed by atoms with Crippen LogP contribution in [0.2, 0.25) is 0 Å². The molecule has 0 aromatic carbocycles. The first-order valence-corrected chi connectivity index (χ1v) is 10.2. The van der Waals surface area contributed by atoms with Gasteiger partial charge in [-0.25, -0.2) is 10.4 Å². The lowest BCUT2D eigenvalue weighted by atomic mass is 9.84. The Balaban J connectivity index is 1.44. The fourth-order valence-corrected chi connectivity index (χ4v) is 4.35. The van der Waals surface area contributed by atoms with Gasteiger partial charge in [0.25, 0.3) is 0 Å². The molecular formula is C21H32N6. The van der Waals surface area contributed by atoms with Gasteiger partial charge in [-0.3, -0.25) is 15.3 Å². The number of likely N-dealkylation sites (tertiary alicyclic amines) is 1. The van der Waals surface area contributed by atoms with Gasteiger partial charge >= 0.3 is 0 Å². The Morgan fingerprint density at radius 2 is 2.11 bits per heavy atom. The molecule has 0 amide bonds. The molecule has 4 rings (SSSR count). The molecule has 146 valence electrons. The summed E-state index contributed by atoms with van der Waals surface area (Å²) in [6, 6.07) is 5.41. The van der Waals surface area contributed by atoms with Crippen molar-refractivity contribution in [2.45, 2.75) is 64.7 Å². The lowest BCUT2D eigenvalue weighted by molar-refractivity contribution is 0.167. The molecule has 0 bridgehead atoms. The average Bonchev–Trinajstić information content (AvgIpc) is 3.32. The van der Waals surface area contributed by atoms with Crippen LogP contribution in [-0.4, -0.2) is 38.6 Å². The average molecular weight is 369 g/mol. The van der Waals surface area contributed by atoms with Gasteiger partial charge in [-0.2, -0.15) is 0 Å². The number of piperidine rings is 1. The Bertz CT molecular complexity index is 735. The lowest BCUT2D eigenvalue weighted by Crippen LogP contribution is -2.39. The molecule has 3 unspecified atom stereocenters. The van der Waals surface area contributed by atoms with E-state index in [4.69, 9.17) is 4.98 Å². The van der Waals surface area contributed by atoms with Crippen LogP contribution in [0.25, 0.3) is 0 Å². The first kappa shape index (κ1) is 18.6. The molecule has 2 aromatic rings. The van der Waals surface area contributed by atoms with Crippen molar-refractivity contribution in [1.29, 1.82) is 0 Å². The minimum Gasteiger partial charge on any atom is -0.329 e. The quantitative estimate of drug-likeness (QED) is 0.869. The van der Waals surface area contributed by atoms with Crippen LogP contribution in [0.1, 0.15) is 63.5 Å². The van der Waals surface area contributed by atoms with Crippen molar-refractivity contribution in [1.82, 2.24) is 30.3 Å². The molecule has 0 aliphatic carbocycles. The maximum absolute atomic E-state index is 4.73. The van der Waals surface area contributed by atoms with Gasteiger partial charge in [0.05, 0.1) is 6.04 Å². The third kappa shape index (κ3) is 4.23. The monoisotopic (exact) mass is 368 g/mol. The number of aromatic nitrogens is 3. The van der Waals surface area contributed by atoms with Gasteiger partial charge in [0.1, 0.15) is 5.82 Å². The second-order valence-electron chi connectivity index (χ2n) is 9.08. The molecule has 2 aliphatic heterocycles. The van der Waals surface area contributed by atoms with Crippen molar-refractivity contribution in [3.8, 4) is 0 Å². The molecule has 6 heteroatoms. The van der Waals surface area contributed by atoms with Crippen molar-refractivity contribution in [3.05, 3.63) is 48.3 Å². The first-order chi connectivity index (χ1) is 13.0. The van der Waals surface area contributed by atoms with E-state index in [2.05, 4.69) is 58.3 Å². The van der Waals surface area contributed by atoms with Crippen molar-refractivity contribution < 1.29 is 0 Å². The van der Waals surface area contributed by atoms with Crippen molar-refractivity contribution in [3.63, 3.8) is 0 Å². The van der Waals surface area contributed by atoms with Crippen LogP contribution in [0, 0.1) is 5.41 Å². The number of hydrogen-bond acceptors (Lipinski definition) is 5. The Hall–Kier alpha value is -1.76. The fraction of sp³-hybridized carbons (Fsp3) is 0.619. The second-order valence-corrected chi connectivity index (χ2v) is 9.08. The number of rotatable bonds is 4. The van der Waals surface area contributed by atoms with E-state index >= 15 is 0 Å². The van der Waals surface area contributed by atoms with Gasteiger partial charge in [0.2, 0.25) is 0 Å². The number of nitrogens with zero attached hydrogens (tertiary/aromatic N) is 4. The number of hydrazine groups is 1. The van der Waals surface area contributed by atoms with Crippen LogP contribution in [0.5, 0.6) is 0 Å². The Labute approximate surface area is 162 Å². The molecule has 2 aromatic heterocycles. The summed E-state index contributed by atoms with van der Waals surface area (Å²) in [5.74, 6) is 1.17. The van der Waals surface area contributed by atoms with E-state index in [1.54, 1.807) is 0 Å². The molecule has 0 spiro atoms. The van der Waals surface area contributed by atoms with E-state index in [9.17, 15) is 0 Å². The summed E-state index contributed by atoms with van der Waals surface area (Å²) in [7, 11) is 0. The highest BCUT2D eigenvalue weighted by Crippen LogP contribution is 2.33. The van der Waals surface area contributed by atoms with Gasteiger partial charge in [0, 0.05) is 50.0 Å². The summed E-state index contributed by atoms with van der Waals surface area (Å²) in [6.07, 6.45) is 11.5. The minimum absolute atomic E-state index is 0.241. The zero-order valence-corrected chi connectivity index (χ0v) is 16.7. The predicted octanol–water partition coefficient (Wildman–Crippen LogP) is 3.07. The van der Waals surface area contributed by atoms with Gasteiger partial charge in [-0.1, -0.05) is 26.8 Å². The van der Waals surface area contributed by atoms with Gasteiger partial charge in [-0.05, 0) is 42.9 Å². The van der Waals surface area contributed by atoms with Crippen molar-refractivity contribution >= 4 is 0 Å². The van der Waals surface area contributed by atoms with E-state index in [-0.39, 0.29) is 11.5 Å². The molecule has 27 heavy (non-hydrogen) atoms. The van der Waals surface area contributed by atoms with E-state index < -0.39 is 0 Å². The topological polar surface area (TPSA) is 58.0 Å². The zero-order valence-electron chi connectivity index (χ0n) is 16.7. The van der Waals surface area contributed by atoms with Crippen LogP contribution in [-0.2, 0) is 6.54 Å². The van der Waals surface area contributed by atoms with Crippen molar-refractivity contribution in [2.75, 3.05) is 13.1 Å². The van der Waals surface area contributed by atoms with Crippen LogP contribution < -0.4 is 10.9 Å². The molecule has 2 fully saturated rings. The summed E-state index contributed by atoms with van der Waals surface area (Å²) in [6.45, 7) is 10.1. The summed E-state index contributed by atoms with van der Waals surface area (Å²) < 4.78 is 2.42. The highest BCUT2D eigenvalue weighted by Gasteiger charge is 2.36. The number of imidazole rings is 1. The maximum Gasteiger partial charge on any atom is 0.127 e. The van der Waals surface area contributed by atoms with Gasteiger partial charge < -0.3 is 4.57 Å². The highest BCUT2D eigenvalue weighted by atomic mass is 15.4. The smallest absolute Gasteiger partial charge is 0.127 e. The van der Waals surface area contributed by atoms with E-state index in [1.807, 2.05) is 24.7 Å². The third-order valence-corrected chi connectivity index (χ3v) is 5.96. The fourth-order valence-electron chi connectivity index (χ4n) is 4.35. The van der Waals surface area contributed by atoms with Crippen LogP contribution in [0.15, 0.2) is 36.9 Å². The molecule has 3 atom stereocenters. The highest BCUT2D eigenvalue weighted by molar-refractivity contribution is 5.09. The molecule has 2 N–H and O–H groups in total. The van der Waals surface area contributed by atoms with E-state index in [1.165, 1.54) is 24.2 Å². The molecule has 2 aliphatic rings. The first-order valence-electron chi connectivity index (χ1n) is 10.2. The van der Waals surface area contributed by atoms with Crippen LogP contribution in [0.4, 0.5) is 0 Å². The van der Waals surface area contributed by atoms with E-state index in [0.29, 0.717) is 12.1 Å². The second kappa shape index (κ2) is 7.70. The van der Waals surface area contributed by atoms with Crippen molar-refractivity contribution in [2.24, 2.45) is 5.41 Å². The Kier molecular flexibility index (Phi) is 5.30. The minimum atomic E-state index is 0.241. The maximum atomic E-state index is 4.73. The summed E-state index contributed by atoms with van der Waals surface area (Å²) in [5.41, 5.74) is 8.51.